The number of phosphoric ester groups is 1. The molecule has 0 aliphatic carbocycles. The van der Waals surface area contributed by atoms with E-state index < -0.39 is 20.0 Å². The molecule has 0 spiro atoms. The normalized spacial score (nSPS) is 14.6. The van der Waals surface area contributed by atoms with Crippen molar-refractivity contribution in [3.05, 3.63) is 24.3 Å². The molecule has 3 atom stereocenters. The van der Waals surface area contributed by atoms with E-state index in [1.807, 2.05) is 34.1 Å². The number of rotatable bonds is 41. The van der Waals surface area contributed by atoms with Crippen molar-refractivity contribution in [3.8, 4) is 0 Å². The van der Waals surface area contributed by atoms with Crippen LogP contribution in [-0.2, 0) is 18.4 Å². The van der Waals surface area contributed by atoms with Crippen molar-refractivity contribution in [1.82, 2.24) is 5.32 Å². The number of phosphoric acid groups is 1. The van der Waals surface area contributed by atoms with Gasteiger partial charge in [0.25, 0.3) is 7.82 Å². The Kier molecular flexibility index (Phi) is 36.8. The topological polar surface area (TPSA) is 108 Å². The van der Waals surface area contributed by atoms with Gasteiger partial charge >= 0.3 is 0 Å². The summed E-state index contributed by atoms with van der Waals surface area (Å²) in [4.78, 5) is 24.9. The number of unbranched alkanes of at least 4 members (excludes halogenated alkanes) is 26. The fourth-order valence-electron chi connectivity index (χ4n) is 6.51. The lowest BCUT2D eigenvalue weighted by molar-refractivity contribution is -0.870. The maximum atomic E-state index is 12.7. The van der Waals surface area contributed by atoms with Crippen molar-refractivity contribution in [3.63, 3.8) is 0 Å². The Morgan fingerprint density at radius 2 is 1.06 bits per heavy atom. The molecule has 0 bridgehead atoms. The molecule has 9 heteroatoms. The number of nitrogens with one attached hydrogen (secondary N) is 1. The first-order chi connectivity index (χ1) is 26.0. The minimum atomic E-state index is -4.56. The van der Waals surface area contributed by atoms with E-state index in [1.165, 1.54) is 154 Å². The van der Waals surface area contributed by atoms with Gasteiger partial charge in [-0.05, 0) is 38.5 Å². The summed E-state index contributed by atoms with van der Waals surface area (Å²) < 4.78 is 22.9. The Balaban J connectivity index is 3.77. The molecule has 8 nitrogen and oxygen atoms in total. The number of hydrogen-bond donors (Lipinski definition) is 2. The zero-order valence-corrected chi connectivity index (χ0v) is 37.1. The lowest BCUT2D eigenvalue weighted by atomic mass is 10.0. The summed E-state index contributed by atoms with van der Waals surface area (Å²) in [7, 11) is 1.26. The third kappa shape index (κ3) is 39.2. The molecule has 0 aromatic carbocycles. The Bertz CT molecular complexity index is 938. The van der Waals surface area contributed by atoms with Gasteiger partial charge in [0.15, 0.2) is 0 Å². The van der Waals surface area contributed by atoms with Crippen molar-refractivity contribution in [2.75, 3.05) is 40.9 Å². The minimum absolute atomic E-state index is 0.00130. The molecular weight excluding hydrogens is 695 g/mol. The smallest absolute Gasteiger partial charge is 0.268 e. The second-order valence-electron chi connectivity index (χ2n) is 16.8. The molecule has 2 N–H and O–H groups in total. The van der Waals surface area contributed by atoms with Gasteiger partial charge in [0.2, 0.25) is 5.91 Å². The molecule has 54 heavy (non-hydrogen) atoms. The number of quaternary nitrogens is 1. The summed E-state index contributed by atoms with van der Waals surface area (Å²) in [6.07, 6.45) is 44.8. The number of carbonyl (C=O) groups is 1. The molecule has 0 aromatic rings. The summed E-state index contributed by atoms with van der Waals surface area (Å²) in [6, 6.07) is -0.878. The highest BCUT2D eigenvalue weighted by Gasteiger charge is 2.23. The number of carbonyl (C=O) groups excluding carboxylic acids is 1. The van der Waals surface area contributed by atoms with Crippen LogP contribution in [0.1, 0.15) is 206 Å². The summed E-state index contributed by atoms with van der Waals surface area (Å²) in [5, 5.41) is 13.4. The average molecular weight is 785 g/mol. The zero-order valence-electron chi connectivity index (χ0n) is 36.2. The summed E-state index contributed by atoms with van der Waals surface area (Å²) in [5.41, 5.74) is 0. The van der Waals surface area contributed by atoms with Crippen LogP contribution in [0, 0.1) is 0 Å². The molecular formula is C45H89N2O6P. The number of hydrogen-bond acceptors (Lipinski definition) is 6. The maximum Gasteiger partial charge on any atom is 0.268 e. The highest BCUT2D eigenvalue weighted by Crippen LogP contribution is 2.38. The summed E-state index contributed by atoms with van der Waals surface area (Å²) >= 11 is 0. The van der Waals surface area contributed by atoms with Crippen molar-refractivity contribution in [1.29, 1.82) is 0 Å². The molecule has 320 valence electrons. The number of aliphatic hydroxyl groups is 1. The van der Waals surface area contributed by atoms with E-state index in [1.54, 1.807) is 6.08 Å². The SMILES string of the molecule is CCC/C=C/C(O)C(COP(=O)([O-])OCC[N+](C)(C)C)NC(=O)CCCCCCCCCCCCCCCCCCC/C=C\CCCCCCCCCC. The third-order valence-corrected chi connectivity index (χ3v) is 11.1. The lowest BCUT2D eigenvalue weighted by Gasteiger charge is -2.29. The Morgan fingerprint density at radius 3 is 1.48 bits per heavy atom. The standard InChI is InChI=1S/C45H89N2O6P/c1-6-8-10-11-12-13-14-15-16-17-18-19-20-21-22-23-24-25-26-27-28-29-30-31-32-33-34-35-37-39-45(49)46-43(44(48)38-36-9-7-2)42-53-54(50,51)52-41-40-47(3,4)5/h17-18,36,38,43-44,48H,6-16,19-35,37,39-42H2,1-5H3,(H-,46,49,50,51)/b18-17-,38-36+. The fourth-order valence-corrected chi connectivity index (χ4v) is 7.23. The van der Waals surface area contributed by atoms with Crippen LogP contribution < -0.4 is 10.2 Å². The van der Waals surface area contributed by atoms with Gasteiger partial charge in [-0.1, -0.05) is 186 Å². The van der Waals surface area contributed by atoms with Crippen LogP contribution in [0.2, 0.25) is 0 Å². The number of allylic oxidation sites excluding steroid dienone is 3. The van der Waals surface area contributed by atoms with Crippen molar-refractivity contribution in [2.24, 2.45) is 0 Å². The van der Waals surface area contributed by atoms with Gasteiger partial charge in [-0.15, -0.1) is 0 Å². The van der Waals surface area contributed by atoms with Crippen LogP contribution in [0.5, 0.6) is 0 Å². The molecule has 0 aliphatic rings. The van der Waals surface area contributed by atoms with Gasteiger partial charge in [0, 0.05) is 6.42 Å². The second-order valence-corrected chi connectivity index (χ2v) is 18.2. The molecule has 1 amide bonds. The minimum Gasteiger partial charge on any atom is -0.756 e. The van der Waals surface area contributed by atoms with Gasteiger partial charge in [-0.3, -0.25) is 9.36 Å². The molecule has 0 aromatic heterocycles. The van der Waals surface area contributed by atoms with Crippen LogP contribution in [0.25, 0.3) is 0 Å². The van der Waals surface area contributed by atoms with Gasteiger partial charge in [0.1, 0.15) is 13.2 Å². The quantitative estimate of drug-likeness (QED) is 0.0277. The number of likely N-dealkylation sites (N-methyl/N-ethyl adjacent to an activating group) is 1. The van der Waals surface area contributed by atoms with E-state index in [4.69, 9.17) is 9.05 Å². The number of amides is 1. The van der Waals surface area contributed by atoms with E-state index >= 15 is 0 Å². The van der Waals surface area contributed by atoms with Gasteiger partial charge < -0.3 is 28.8 Å². The van der Waals surface area contributed by atoms with Crippen LogP contribution in [0.3, 0.4) is 0 Å². The molecule has 0 saturated carbocycles. The predicted octanol–water partition coefficient (Wildman–Crippen LogP) is 11.9. The predicted molar refractivity (Wildman–Crippen MR) is 228 cm³/mol. The lowest BCUT2D eigenvalue weighted by Crippen LogP contribution is -2.45. The first-order valence-electron chi connectivity index (χ1n) is 22.7. The van der Waals surface area contributed by atoms with Gasteiger partial charge in [0.05, 0.1) is 39.9 Å². The molecule has 0 heterocycles. The monoisotopic (exact) mass is 785 g/mol. The summed E-state index contributed by atoms with van der Waals surface area (Å²) in [5.74, 6) is -0.207. The van der Waals surface area contributed by atoms with Crippen molar-refractivity contribution < 1.29 is 32.9 Å². The molecule has 0 saturated heterocycles. The maximum absolute atomic E-state index is 12.7. The third-order valence-electron chi connectivity index (χ3n) is 10.1. The van der Waals surface area contributed by atoms with E-state index in [0.717, 1.165) is 32.1 Å². The van der Waals surface area contributed by atoms with E-state index in [2.05, 4.69) is 24.4 Å². The van der Waals surface area contributed by atoms with Crippen molar-refractivity contribution >= 4 is 13.7 Å². The molecule has 0 fully saturated rings. The highest BCUT2D eigenvalue weighted by atomic mass is 31.2. The first kappa shape index (κ1) is 53.0. The second kappa shape index (κ2) is 37.6. The average Bonchev–Trinajstić information content (AvgIpc) is 3.12. The number of nitrogens with zero attached hydrogens (tertiary/aromatic N) is 1. The molecule has 0 aliphatic heterocycles. The Hall–Kier alpha value is -1.02. The Morgan fingerprint density at radius 1 is 0.630 bits per heavy atom. The first-order valence-corrected chi connectivity index (χ1v) is 24.2. The number of aliphatic hydroxyl groups excluding tert-OH is 1. The molecule has 3 unspecified atom stereocenters. The van der Waals surface area contributed by atoms with Crippen LogP contribution in [0.15, 0.2) is 24.3 Å². The van der Waals surface area contributed by atoms with E-state index in [-0.39, 0.29) is 19.1 Å². The fraction of sp³-hybridized carbons (Fsp3) is 0.889. The zero-order chi connectivity index (χ0) is 40.0. The highest BCUT2D eigenvalue weighted by molar-refractivity contribution is 7.45. The largest absolute Gasteiger partial charge is 0.756 e. The van der Waals surface area contributed by atoms with Gasteiger partial charge in [-0.25, -0.2) is 0 Å². The van der Waals surface area contributed by atoms with Crippen molar-refractivity contribution in [2.45, 2.75) is 219 Å². The Labute approximate surface area is 334 Å². The van der Waals surface area contributed by atoms with E-state index in [0.29, 0.717) is 17.4 Å². The van der Waals surface area contributed by atoms with E-state index in [9.17, 15) is 19.4 Å². The molecule has 0 radical (unpaired) electrons. The van der Waals surface area contributed by atoms with Gasteiger partial charge in [-0.2, -0.15) is 0 Å². The summed E-state index contributed by atoms with van der Waals surface area (Å²) in [6.45, 7) is 4.43. The van der Waals surface area contributed by atoms with Crippen LogP contribution >= 0.6 is 7.82 Å². The van der Waals surface area contributed by atoms with Crippen LogP contribution in [0.4, 0.5) is 0 Å². The van der Waals surface area contributed by atoms with Crippen LogP contribution in [-0.4, -0.2) is 68.5 Å². The molecule has 0 rings (SSSR count).